The molecule has 1 heterocycles. The zero-order valence-electron chi connectivity index (χ0n) is 9.41. The van der Waals surface area contributed by atoms with Crippen molar-refractivity contribution in [3.63, 3.8) is 0 Å². The molecule has 0 atom stereocenters. The van der Waals surface area contributed by atoms with Gasteiger partial charge in [0, 0.05) is 30.9 Å². The molecule has 92 valence electrons. The van der Waals surface area contributed by atoms with Gasteiger partial charge in [-0.1, -0.05) is 6.07 Å². The molecule has 0 spiro atoms. The van der Waals surface area contributed by atoms with E-state index in [0.717, 1.165) is 11.0 Å². The van der Waals surface area contributed by atoms with Crippen LogP contribution >= 0.6 is 0 Å². The Labute approximate surface area is 102 Å². The predicted molar refractivity (Wildman–Crippen MR) is 62.6 cm³/mol. The smallest absolute Gasteiger partial charge is 0.277 e. The third-order valence-electron chi connectivity index (χ3n) is 2.47. The quantitative estimate of drug-likeness (QED) is 0.486. The van der Waals surface area contributed by atoms with Gasteiger partial charge >= 0.3 is 0 Å². The summed E-state index contributed by atoms with van der Waals surface area (Å²) in [6, 6.07) is 5.69. The Morgan fingerprint density at radius 1 is 1.33 bits per heavy atom. The predicted octanol–water partition coefficient (Wildman–Crippen LogP) is 0.889. The van der Waals surface area contributed by atoms with Crippen molar-refractivity contribution in [2.75, 3.05) is 12.4 Å². The van der Waals surface area contributed by atoms with Gasteiger partial charge in [0.25, 0.3) is 17.5 Å². The summed E-state index contributed by atoms with van der Waals surface area (Å²) in [7, 11) is 1.36. The van der Waals surface area contributed by atoms with E-state index in [4.69, 9.17) is 0 Å². The van der Waals surface area contributed by atoms with Crippen molar-refractivity contribution in [2.24, 2.45) is 0 Å². The Bertz CT molecular complexity index is 579. The molecule has 18 heavy (non-hydrogen) atoms. The molecule has 0 saturated heterocycles. The maximum Gasteiger partial charge on any atom is 0.277 e. The Morgan fingerprint density at radius 3 is 2.61 bits per heavy atom. The highest BCUT2D eigenvalue weighted by Crippen LogP contribution is 2.20. The highest BCUT2D eigenvalue weighted by atomic mass is 16.6. The van der Waals surface area contributed by atoms with Crippen LogP contribution in [-0.4, -0.2) is 28.7 Å². The third kappa shape index (κ3) is 2.05. The molecule has 1 aromatic rings. The van der Waals surface area contributed by atoms with Crippen LogP contribution in [0.25, 0.3) is 0 Å². The van der Waals surface area contributed by atoms with Crippen LogP contribution in [0.15, 0.2) is 36.0 Å². The number of carbonyl (C=O) groups is 2. The van der Waals surface area contributed by atoms with Crippen LogP contribution < -0.4 is 5.32 Å². The number of nitro groups is 1. The van der Waals surface area contributed by atoms with Crippen molar-refractivity contribution in [3.05, 3.63) is 46.2 Å². The molecular formula is C11H9N3O4. The maximum atomic E-state index is 11.6. The Kier molecular flexibility index (Phi) is 2.80. The number of amides is 2. The molecule has 2 rings (SSSR count). The molecule has 0 fully saturated rings. The van der Waals surface area contributed by atoms with E-state index >= 15 is 0 Å². The van der Waals surface area contributed by atoms with E-state index in [0.29, 0.717) is 5.69 Å². The standard InChI is InChI=1S/C11H9N3O4/c1-13-10(15)6-9(11(13)16)12-7-3-2-4-8(5-7)14(17)18/h2-6,12H,1H3. The van der Waals surface area contributed by atoms with Crippen LogP contribution in [-0.2, 0) is 9.59 Å². The van der Waals surface area contributed by atoms with Crippen LogP contribution in [0.4, 0.5) is 11.4 Å². The van der Waals surface area contributed by atoms with E-state index in [9.17, 15) is 19.7 Å². The summed E-state index contributed by atoms with van der Waals surface area (Å²) < 4.78 is 0. The van der Waals surface area contributed by atoms with Gasteiger partial charge in [-0.2, -0.15) is 0 Å². The van der Waals surface area contributed by atoms with Gasteiger partial charge in [-0.05, 0) is 6.07 Å². The monoisotopic (exact) mass is 247 g/mol. The molecule has 1 aliphatic heterocycles. The molecule has 0 bridgehead atoms. The van der Waals surface area contributed by atoms with Crippen molar-refractivity contribution in [1.29, 1.82) is 0 Å². The number of hydrogen-bond acceptors (Lipinski definition) is 5. The molecule has 2 amide bonds. The van der Waals surface area contributed by atoms with Gasteiger partial charge in [0.1, 0.15) is 5.70 Å². The molecule has 1 aromatic carbocycles. The fourth-order valence-corrected chi connectivity index (χ4v) is 1.51. The molecule has 1 aliphatic rings. The first kappa shape index (κ1) is 11.8. The number of rotatable bonds is 3. The summed E-state index contributed by atoms with van der Waals surface area (Å²) in [4.78, 5) is 33.8. The number of likely N-dealkylation sites (N-methyl/N-ethyl adjacent to an activating group) is 1. The minimum absolute atomic E-state index is 0.0919. The first-order valence-electron chi connectivity index (χ1n) is 5.04. The van der Waals surface area contributed by atoms with Crippen LogP contribution in [0.3, 0.4) is 0 Å². The molecule has 7 nitrogen and oxygen atoms in total. The summed E-state index contributed by atoms with van der Waals surface area (Å²) in [5.74, 6) is -0.889. The summed E-state index contributed by atoms with van der Waals surface area (Å²) >= 11 is 0. The second kappa shape index (κ2) is 4.28. The van der Waals surface area contributed by atoms with E-state index < -0.39 is 16.7 Å². The summed E-state index contributed by atoms with van der Waals surface area (Å²) in [5, 5.41) is 13.3. The van der Waals surface area contributed by atoms with Gasteiger partial charge in [-0.15, -0.1) is 0 Å². The molecule has 0 saturated carbocycles. The number of imide groups is 1. The van der Waals surface area contributed by atoms with Gasteiger partial charge < -0.3 is 5.32 Å². The second-order valence-corrected chi connectivity index (χ2v) is 3.69. The number of anilines is 1. The number of nitrogens with one attached hydrogen (secondary N) is 1. The number of hydrogen-bond donors (Lipinski definition) is 1. The van der Waals surface area contributed by atoms with Crippen LogP contribution in [0, 0.1) is 10.1 Å². The summed E-state index contributed by atoms with van der Waals surface area (Å²) in [5.41, 5.74) is 0.389. The highest BCUT2D eigenvalue weighted by molar-refractivity contribution is 6.17. The van der Waals surface area contributed by atoms with Crippen molar-refractivity contribution in [1.82, 2.24) is 4.90 Å². The maximum absolute atomic E-state index is 11.6. The number of nitrogens with zero attached hydrogens (tertiary/aromatic N) is 2. The molecule has 7 heteroatoms. The van der Waals surface area contributed by atoms with E-state index in [1.165, 1.54) is 25.2 Å². The fourth-order valence-electron chi connectivity index (χ4n) is 1.51. The van der Waals surface area contributed by atoms with Crippen LogP contribution in [0.5, 0.6) is 0 Å². The molecule has 0 aromatic heterocycles. The zero-order valence-corrected chi connectivity index (χ0v) is 9.41. The van der Waals surface area contributed by atoms with E-state index in [2.05, 4.69) is 5.32 Å². The average molecular weight is 247 g/mol. The zero-order chi connectivity index (χ0) is 13.3. The molecule has 0 radical (unpaired) electrons. The van der Waals surface area contributed by atoms with Crippen molar-refractivity contribution in [2.45, 2.75) is 0 Å². The van der Waals surface area contributed by atoms with E-state index in [1.54, 1.807) is 6.07 Å². The van der Waals surface area contributed by atoms with Crippen molar-refractivity contribution in [3.8, 4) is 0 Å². The second-order valence-electron chi connectivity index (χ2n) is 3.69. The van der Waals surface area contributed by atoms with Crippen molar-refractivity contribution < 1.29 is 14.5 Å². The van der Waals surface area contributed by atoms with Crippen molar-refractivity contribution >= 4 is 23.2 Å². The minimum atomic E-state index is -0.534. The van der Waals surface area contributed by atoms with E-state index in [-0.39, 0.29) is 11.4 Å². The summed E-state index contributed by atoms with van der Waals surface area (Å²) in [6.45, 7) is 0. The molecule has 0 aliphatic carbocycles. The van der Waals surface area contributed by atoms with Gasteiger partial charge in [0.2, 0.25) is 0 Å². The SMILES string of the molecule is CN1C(=O)C=C(Nc2cccc([N+](=O)[O-])c2)C1=O. The lowest BCUT2D eigenvalue weighted by molar-refractivity contribution is -0.384. The average Bonchev–Trinajstić information content (AvgIpc) is 2.57. The molecule has 0 unspecified atom stereocenters. The Hall–Kier alpha value is -2.70. The highest BCUT2D eigenvalue weighted by Gasteiger charge is 2.27. The number of carbonyl (C=O) groups excluding carboxylic acids is 2. The number of nitro benzene ring substituents is 1. The molecule has 1 N–H and O–H groups in total. The van der Waals surface area contributed by atoms with Gasteiger partial charge in [0.05, 0.1) is 4.92 Å². The van der Waals surface area contributed by atoms with Gasteiger partial charge in [0.15, 0.2) is 0 Å². The lowest BCUT2D eigenvalue weighted by atomic mass is 10.2. The number of benzene rings is 1. The summed E-state index contributed by atoms with van der Waals surface area (Å²) in [6.07, 6.45) is 1.15. The van der Waals surface area contributed by atoms with E-state index in [1.807, 2.05) is 0 Å². The largest absolute Gasteiger partial charge is 0.351 e. The van der Waals surface area contributed by atoms with Gasteiger partial charge in [-0.3, -0.25) is 24.6 Å². The number of non-ortho nitro benzene ring substituents is 1. The van der Waals surface area contributed by atoms with Crippen LogP contribution in [0.2, 0.25) is 0 Å². The minimum Gasteiger partial charge on any atom is -0.351 e. The van der Waals surface area contributed by atoms with Gasteiger partial charge in [-0.25, -0.2) is 0 Å². The topological polar surface area (TPSA) is 92.6 Å². The third-order valence-corrected chi connectivity index (χ3v) is 2.47. The Balaban J connectivity index is 2.23. The molecular weight excluding hydrogens is 238 g/mol. The Morgan fingerprint density at radius 2 is 2.06 bits per heavy atom. The van der Waals surface area contributed by atoms with Crippen LogP contribution in [0.1, 0.15) is 0 Å². The lowest BCUT2D eigenvalue weighted by Crippen LogP contribution is -2.27. The lowest BCUT2D eigenvalue weighted by Gasteiger charge is -2.08. The fraction of sp³-hybridized carbons (Fsp3) is 0.0909. The normalized spacial score (nSPS) is 14.7. The first-order chi connectivity index (χ1) is 8.49. The first-order valence-corrected chi connectivity index (χ1v) is 5.04.